The third-order valence-electron chi connectivity index (χ3n) is 5.54. The van der Waals surface area contributed by atoms with Crippen LogP contribution in [0.5, 0.6) is 0 Å². The van der Waals surface area contributed by atoms with Crippen molar-refractivity contribution in [1.82, 2.24) is 15.2 Å². The van der Waals surface area contributed by atoms with Gasteiger partial charge in [0.25, 0.3) is 11.8 Å². The molecule has 5 heterocycles. The second kappa shape index (κ2) is 9.03. The molecule has 2 amide bonds. The van der Waals surface area contributed by atoms with Crippen molar-refractivity contribution < 1.29 is 33.3 Å². The molecule has 2 atom stereocenters. The molecule has 0 aliphatic carbocycles. The van der Waals surface area contributed by atoms with E-state index in [4.69, 9.17) is 15.0 Å². The molecule has 3 aromatic heterocycles. The van der Waals surface area contributed by atoms with Crippen LogP contribution < -0.4 is 15.6 Å². The fourth-order valence-corrected chi connectivity index (χ4v) is 5.91. The summed E-state index contributed by atoms with van der Waals surface area (Å²) in [6.45, 7) is 0.239. The molecule has 180 valence electrons. The third kappa shape index (κ3) is 4.00. The number of carboxylic acids is 1. The van der Waals surface area contributed by atoms with Crippen LogP contribution in [0.15, 0.2) is 56.9 Å². The summed E-state index contributed by atoms with van der Waals surface area (Å²) in [5, 5.41) is 18.4. The molecule has 0 saturated carbocycles. The Kier molecular flexibility index (Phi) is 5.90. The van der Waals surface area contributed by atoms with E-state index in [0.29, 0.717) is 17.0 Å². The number of pyridine rings is 1. The smallest absolute Gasteiger partial charge is 0.380 e. The summed E-state index contributed by atoms with van der Waals surface area (Å²) in [4.78, 5) is 48.1. The van der Waals surface area contributed by atoms with Crippen LogP contribution in [0, 0.1) is 0 Å². The molecule has 1 unspecified atom stereocenters. The van der Waals surface area contributed by atoms with Crippen molar-refractivity contribution in [2.45, 2.75) is 18.0 Å². The number of anilines is 1. The van der Waals surface area contributed by atoms with Crippen molar-refractivity contribution >= 4 is 62.8 Å². The maximum atomic E-state index is 13.0. The summed E-state index contributed by atoms with van der Waals surface area (Å²) in [6.07, 6.45) is 3.35. The zero-order valence-electron chi connectivity index (χ0n) is 18.2. The van der Waals surface area contributed by atoms with Gasteiger partial charge in [0.15, 0.2) is 23.6 Å². The first-order valence-electron chi connectivity index (χ1n) is 10.3. The molecule has 0 aromatic carbocycles. The summed E-state index contributed by atoms with van der Waals surface area (Å²) in [7, 11) is 1.28. The second-order valence-corrected chi connectivity index (χ2v) is 9.62. The number of carbonyl (C=O) groups excluding carboxylic acids is 2. The molecule has 2 aliphatic rings. The minimum absolute atomic E-state index is 0.0848. The van der Waals surface area contributed by atoms with E-state index >= 15 is 0 Å². The lowest BCUT2D eigenvalue weighted by atomic mass is 10.0. The maximum Gasteiger partial charge on any atom is 0.380 e. The number of nitrogens with two attached hydrogens (primary N) is 1. The van der Waals surface area contributed by atoms with Gasteiger partial charge in [0.1, 0.15) is 29.9 Å². The Morgan fingerprint density at radius 3 is 3.00 bits per heavy atom. The topological polar surface area (TPSA) is 164 Å². The highest BCUT2D eigenvalue weighted by Crippen LogP contribution is 2.40. The van der Waals surface area contributed by atoms with Gasteiger partial charge >= 0.3 is 11.7 Å². The Hall–Kier alpha value is -3.91. The quantitative estimate of drug-likeness (QED) is 0.176. The zero-order valence-corrected chi connectivity index (χ0v) is 19.8. The van der Waals surface area contributed by atoms with E-state index in [1.165, 1.54) is 23.8 Å². The van der Waals surface area contributed by atoms with Crippen LogP contribution in [0.4, 0.5) is 5.13 Å². The number of carboxylic acid groups (broad SMARTS) is 1. The van der Waals surface area contributed by atoms with Crippen molar-refractivity contribution in [3.63, 3.8) is 0 Å². The van der Waals surface area contributed by atoms with E-state index in [9.17, 15) is 19.5 Å². The third-order valence-corrected chi connectivity index (χ3v) is 7.55. The maximum absolute atomic E-state index is 13.0. The normalized spacial score (nSPS) is 20.0. The molecule has 5 rings (SSSR count). The first-order chi connectivity index (χ1) is 16.9. The number of hydrogen-bond acceptors (Lipinski definition) is 10. The lowest BCUT2D eigenvalue weighted by molar-refractivity contribution is -0.669. The van der Waals surface area contributed by atoms with Crippen molar-refractivity contribution in [3.8, 4) is 0 Å². The minimum atomic E-state index is -1.21. The summed E-state index contributed by atoms with van der Waals surface area (Å²) in [5.74, 6) is -2.06. The van der Waals surface area contributed by atoms with Gasteiger partial charge < -0.3 is 25.4 Å². The van der Waals surface area contributed by atoms with Gasteiger partial charge in [-0.1, -0.05) is 5.16 Å². The van der Waals surface area contributed by atoms with Crippen LogP contribution in [0.3, 0.4) is 0 Å². The van der Waals surface area contributed by atoms with Gasteiger partial charge in [0.05, 0.1) is 11.6 Å². The van der Waals surface area contributed by atoms with Crippen LogP contribution >= 0.6 is 23.1 Å². The number of aliphatic carboxylic acids is 1. The zero-order chi connectivity index (χ0) is 24.7. The summed E-state index contributed by atoms with van der Waals surface area (Å²) in [5.41, 5.74) is 6.80. The van der Waals surface area contributed by atoms with Gasteiger partial charge in [-0.2, -0.15) is 4.57 Å². The fourth-order valence-electron chi connectivity index (χ4n) is 4.03. The Morgan fingerprint density at radius 2 is 2.29 bits per heavy atom. The number of rotatable bonds is 7. The molecule has 1 fully saturated rings. The molecule has 2 aliphatic heterocycles. The first kappa shape index (κ1) is 22.9. The van der Waals surface area contributed by atoms with E-state index in [1.54, 1.807) is 22.4 Å². The van der Waals surface area contributed by atoms with Crippen LogP contribution in [0.25, 0.3) is 11.1 Å². The van der Waals surface area contributed by atoms with E-state index in [2.05, 4.69) is 15.5 Å². The number of aromatic nitrogens is 2. The molecule has 12 nitrogen and oxygen atoms in total. The average molecular weight is 516 g/mol. The molecule has 1 saturated heterocycles. The number of oxime groups is 1. The molecular weight excluding hydrogens is 496 g/mol. The largest absolute Gasteiger partial charge is 0.477 e. The summed E-state index contributed by atoms with van der Waals surface area (Å²) in [6, 6.07) is 4.62. The van der Waals surface area contributed by atoms with Crippen molar-refractivity contribution in [3.05, 3.63) is 53.0 Å². The highest BCUT2D eigenvalue weighted by molar-refractivity contribution is 8.00. The van der Waals surface area contributed by atoms with Gasteiger partial charge in [0, 0.05) is 22.8 Å². The number of furan rings is 1. The predicted octanol–water partition coefficient (Wildman–Crippen LogP) is 0.548. The van der Waals surface area contributed by atoms with Crippen molar-refractivity contribution in [2.75, 3.05) is 18.6 Å². The Balaban J connectivity index is 1.38. The number of β-lactam (4-membered cyclic amide) rings is 1. The number of nitrogens with one attached hydrogen (secondary N) is 1. The number of nitrogens with zero attached hydrogens (tertiary/aromatic N) is 4. The average Bonchev–Trinajstić information content (AvgIpc) is 3.49. The molecule has 35 heavy (non-hydrogen) atoms. The Bertz CT molecular complexity index is 1410. The lowest BCUT2D eigenvalue weighted by Crippen LogP contribution is -2.71. The number of thioether (sulfide) groups is 1. The molecule has 3 aromatic rings. The Labute approximate surface area is 206 Å². The van der Waals surface area contributed by atoms with Gasteiger partial charge in [-0.3, -0.25) is 14.5 Å². The number of nitrogen functional groups attached to an aromatic ring is 1. The van der Waals surface area contributed by atoms with E-state index < -0.39 is 29.2 Å². The fraction of sp³-hybridized carbons (Fsp3) is 0.238. The molecule has 0 bridgehead atoms. The summed E-state index contributed by atoms with van der Waals surface area (Å²) >= 11 is 2.50. The van der Waals surface area contributed by atoms with Gasteiger partial charge in [-0.05, 0) is 12.1 Å². The van der Waals surface area contributed by atoms with Gasteiger partial charge in [-0.15, -0.1) is 23.1 Å². The van der Waals surface area contributed by atoms with Crippen LogP contribution in [-0.2, 0) is 25.8 Å². The van der Waals surface area contributed by atoms with Crippen LogP contribution in [0.2, 0.25) is 0 Å². The predicted molar refractivity (Wildman–Crippen MR) is 126 cm³/mol. The number of amides is 2. The van der Waals surface area contributed by atoms with E-state index in [1.807, 2.05) is 18.2 Å². The standard InChI is InChI=1S/C21H18N6O6S2/c1-32-25-13(12-9-35-21(22)23-12)16(28)24-14-17(29)27-15(20(30)31)11(8-34-19(14)27)7-26-5-2-3-10-4-6-33-18(10)26/h2-6,9,14,19H,7-8H2,1H3,(H3-,22,23,24,28,30,31)/p+1/b25-13-/t14?,19-/m1/s1. The van der Waals surface area contributed by atoms with Crippen LogP contribution in [0.1, 0.15) is 5.69 Å². The lowest BCUT2D eigenvalue weighted by Gasteiger charge is -2.49. The monoisotopic (exact) mass is 515 g/mol. The second-order valence-electron chi connectivity index (χ2n) is 7.63. The SMILES string of the molecule is CO/N=C(\C(=O)NC1C(=O)N2C(C(=O)O)=C(C[n+]3cccc4ccoc43)CS[C@H]12)c1csc(N)n1. The van der Waals surface area contributed by atoms with Crippen molar-refractivity contribution in [1.29, 1.82) is 0 Å². The molecule has 14 heteroatoms. The molecular formula is C21H19N6O6S2+. The van der Waals surface area contributed by atoms with E-state index in [-0.39, 0.29) is 28.8 Å². The Morgan fingerprint density at radius 1 is 1.46 bits per heavy atom. The summed E-state index contributed by atoms with van der Waals surface area (Å²) < 4.78 is 7.33. The van der Waals surface area contributed by atoms with E-state index in [0.717, 1.165) is 16.7 Å². The molecule has 0 radical (unpaired) electrons. The number of hydrogen-bond donors (Lipinski definition) is 3. The minimum Gasteiger partial charge on any atom is -0.477 e. The molecule has 0 spiro atoms. The highest BCUT2D eigenvalue weighted by Gasteiger charge is 2.55. The van der Waals surface area contributed by atoms with Crippen molar-refractivity contribution in [2.24, 2.45) is 5.16 Å². The molecule has 4 N–H and O–H groups in total. The van der Waals surface area contributed by atoms with Gasteiger partial charge in [0.2, 0.25) is 0 Å². The number of carbonyl (C=O) groups is 3. The number of fused-ring (bicyclic) bond motifs is 2. The van der Waals surface area contributed by atoms with Crippen LogP contribution in [-0.4, -0.2) is 62.8 Å². The first-order valence-corrected chi connectivity index (χ1v) is 12.2. The van der Waals surface area contributed by atoms with Gasteiger partial charge in [-0.25, -0.2) is 9.78 Å². The number of thiazole rings is 1. The highest BCUT2D eigenvalue weighted by atomic mass is 32.2.